The quantitative estimate of drug-likeness (QED) is 0.0322. The molecule has 0 saturated heterocycles. The lowest BCUT2D eigenvalue weighted by atomic mass is 10.0. The van der Waals surface area contributed by atoms with Gasteiger partial charge in [-0.1, -0.05) is 244 Å². The molecule has 0 bridgehead atoms. The molecule has 3 N–H and O–H groups in total. The summed E-state index contributed by atoms with van der Waals surface area (Å²) in [5.41, 5.74) is 0. The van der Waals surface area contributed by atoms with Gasteiger partial charge in [0.05, 0.1) is 25.2 Å². The highest BCUT2D eigenvalue weighted by Gasteiger charge is 2.24. The molecular formula is C53H101NO5. The molecule has 0 aromatic carbocycles. The van der Waals surface area contributed by atoms with Crippen molar-refractivity contribution in [3.63, 3.8) is 0 Å². The number of amides is 1. The third kappa shape index (κ3) is 42.8. The number of hydrogen-bond donors (Lipinski definition) is 3. The molecule has 0 aromatic heterocycles. The van der Waals surface area contributed by atoms with Crippen LogP contribution < -0.4 is 5.32 Å². The fourth-order valence-electron chi connectivity index (χ4n) is 8.08. The Morgan fingerprint density at radius 3 is 1.29 bits per heavy atom. The number of aliphatic hydroxyl groups excluding tert-OH is 2. The summed E-state index contributed by atoms with van der Waals surface area (Å²) in [6.45, 7) is 6.48. The molecule has 0 saturated carbocycles. The first kappa shape index (κ1) is 57.3. The van der Waals surface area contributed by atoms with Gasteiger partial charge in [0.1, 0.15) is 6.10 Å². The molecule has 0 fully saturated rings. The van der Waals surface area contributed by atoms with E-state index in [0.717, 1.165) is 57.8 Å². The summed E-state index contributed by atoms with van der Waals surface area (Å²) >= 11 is 0. The standard InChI is InChI=1S/C53H101NO5/c1-4-7-10-13-16-19-22-25-28-29-32-35-38-41-44-49(59-53(58)46-43-40-37-34-31-27-24-21-18-15-12-9-6-3)47-52(57)54-50(48-55)51(56)45-42-39-36-33-30-26-23-20-17-14-11-8-5-2/h28-29,32,35,49-51,55-56H,4-27,30-31,33-34,36-48H2,1-3H3,(H,54,57)/b29-28+,35-32+. The average Bonchev–Trinajstić information content (AvgIpc) is 3.23. The van der Waals surface area contributed by atoms with Gasteiger partial charge in [-0.05, 0) is 44.9 Å². The summed E-state index contributed by atoms with van der Waals surface area (Å²) in [5.74, 6) is -0.507. The van der Waals surface area contributed by atoms with Crippen LogP contribution in [0.1, 0.15) is 278 Å². The van der Waals surface area contributed by atoms with Crippen LogP contribution in [-0.4, -0.2) is 46.9 Å². The molecule has 0 aliphatic carbocycles. The van der Waals surface area contributed by atoms with Gasteiger partial charge >= 0.3 is 5.97 Å². The van der Waals surface area contributed by atoms with Crippen LogP contribution in [0.2, 0.25) is 0 Å². The van der Waals surface area contributed by atoms with Crippen LogP contribution in [0.25, 0.3) is 0 Å². The molecule has 0 aliphatic heterocycles. The van der Waals surface area contributed by atoms with Crippen molar-refractivity contribution in [3.05, 3.63) is 24.3 Å². The predicted octanol–water partition coefficient (Wildman–Crippen LogP) is 15.5. The van der Waals surface area contributed by atoms with Gasteiger partial charge in [-0.2, -0.15) is 0 Å². The third-order valence-electron chi connectivity index (χ3n) is 12.1. The number of esters is 1. The molecule has 0 rings (SSSR count). The molecule has 59 heavy (non-hydrogen) atoms. The monoisotopic (exact) mass is 832 g/mol. The second-order valence-corrected chi connectivity index (χ2v) is 18.0. The van der Waals surface area contributed by atoms with Crippen molar-refractivity contribution in [1.29, 1.82) is 0 Å². The Bertz CT molecular complexity index is 935. The number of hydrogen-bond acceptors (Lipinski definition) is 5. The zero-order valence-electron chi connectivity index (χ0n) is 39.7. The zero-order chi connectivity index (χ0) is 43.1. The van der Waals surface area contributed by atoms with Crippen molar-refractivity contribution < 1.29 is 24.5 Å². The average molecular weight is 832 g/mol. The molecule has 1 amide bonds. The van der Waals surface area contributed by atoms with Crippen molar-refractivity contribution in [1.82, 2.24) is 5.32 Å². The van der Waals surface area contributed by atoms with Gasteiger partial charge in [0, 0.05) is 6.42 Å². The highest BCUT2D eigenvalue weighted by Crippen LogP contribution is 2.18. The Morgan fingerprint density at radius 1 is 0.492 bits per heavy atom. The van der Waals surface area contributed by atoms with Gasteiger partial charge in [0.15, 0.2) is 0 Å². The molecule has 6 nitrogen and oxygen atoms in total. The van der Waals surface area contributed by atoms with Crippen molar-refractivity contribution in [3.8, 4) is 0 Å². The second-order valence-electron chi connectivity index (χ2n) is 18.0. The molecule has 6 heteroatoms. The van der Waals surface area contributed by atoms with Crippen molar-refractivity contribution >= 4 is 11.9 Å². The van der Waals surface area contributed by atoms with Crippen LogP contribution >= 0.6 is 0 Å². The van der Waals surface area contributed by atoms with E-state index >= 15 is 0 Å². The number of carbonyl (C=O) groups excluding carboxylic acids is 2. The van der Waals surface area contributed by atoms with Gasteiger partial charge in [0.25, 0.3) is 0 Å². The first-order chi connectivity index (χ1) is 29.0. The molecule has 348 valence electrons. The minimum Gasteiger partial charge on any atom is -0.462 e. The van der Waals surface area contributed by atoms with Crippen LogP contribution in [0, 0.1) is 0 Å². The molecule has 0 radical (unpaired) electrons. The topological polar surface area (TPSA) is 95.9 Å². The summed E-state index contributed by atoms with van der Waals surface area (Å²) in [6, 6.07) is -0.710. The maximum absolute atomic E-state index is 13.2. The van der Waals surface area contributed by atoms with E-state index in [9.17, 15) is 19.8 Å². The van der Waals surface area contributed by atoms with E-state index in [1.165, 1.54) is 173 Å². The Labute approximate surface area is 367 Å². The van der Waals surface area contributed by atoms with E-state index in [-0.39, 0.29) is 24.9 Å². The van der Waals surface area contributed by atoms with Gasteiger partial charge in [0.2, 0.25) is 5.91 Å². The Balaban J connectivity index is 4.61. The van der Waals surface area contributed by atoms with Crippen LogP contribution in [-0.2, 0) is 14.3 Å². The zero-order valence-corrected chi connectivity index (χ0v) is 39.7. The molecule has 0 spiro atoms. The molecular weight excluding hydrogens is 731 g/mol. The van der Waals surface area contributed by atoms with E-state index in [0.29, 0.717) is 19.3 Å². The Kier molecular flexibility index (Phi) is 46.1. The summed E-state index contributed by atoms with van der Waals surface area (Å²) in [5, 5.41) is 23.7. The summed E-state index contributed by atoms with van der Waals surface area (Å²) in [6.07, 6.45) is 53.8. The largest absolute Gasteiger partial charge is 0.462 e. The highest BCUT2D eigenvalue weighted by molar-refractivity contribution is 5.77. The van der Waals surface area contributed by atoms with Crippen LogP contribution in [0.5, 0.6) is 0 Å². The number of ether oxygens (including phenoxy) is 1. The maximum Gasteiger partial charge on any atom is 0.306 e. The molecule has 0 aliphatic rings. The van der Waals surface area contributed by atoms with Crippen LogP contribution in [0.4, 0.5) is 0 Å². The molecule has 0 aromatic rings. The van der Waals surface area contributed by atoms with Crippen molar-refractivity contribution in [2.75, 3.05) is 6.61 Å². The third-order valence-corrected chi connectivity index (χ3v) is 12.1. The van der Waals surface area contributed by atoms with E-state index in [4.69, 9.17) is 4.74 Å². The number of nitrogens with one attached hydrogen (secondary N) is 1. The lowest BCUT2D eigenvalue weighted by molar-refractivity contribution is -0.151. The van der Waals surface area contributed by atoms with E-state index < -0.39 is 18.2 Å². The van der Waals surface area contributed by atoms with Gasteiger partial charge < -0.3 is 20.3 Å². The minimum absolute atomic E-state index is 0.0500. The fraction of sp³-hybridized carbons (Fsp3) is 0.887. The van der Waals surface area contributed by atoms with E-state index in [2.05, 4.69) is 50.4 Å². The number of rotatable bonds is 47. The van der Waals surface area contributed by atoms with Crippen molar-refractivity contribution in [2.24, 2.45) is 0 Å². The predicted molar refractivity (Wildman–Crippen MR) is 255 cm³/mol. The normalized spacial score (nSPS) is 13.4. The SMILES string of the molecule is CCCCCCCCC/C=C/C=C/CCCC(CC(=O)NC(CO)C(O)CCCCCCCCCCCCCCC)OC(=O)CCCCCCCCCCCCCCC. The van der Waals surface area contributed by atoms with E-state index in [1.54, 1.807) is 0 Å². The number of unbranched alkanes of at least 4 members (excludes halogenated alkanes) is 32. The number of carbonyl (C=O) groups is 2. The molecule has 3 unspecified atom stereocenters. The first-order valence-electron chi connectivity index (χ1n) is 26.1. The Morgan fingerprint density at radius 2 is 0.864 bits per heavy atom. The van der Waals surface area contributed by atoms with E-state index in [1.807, 2.05) is 0 Å². The van der Waals surface area contributed by atoms with Gasteiger partial charge in [-0.25, -0.2) is 0 Å². The summed E-state index contributed by atoms with van der Waals surface area (Å²) < 4.78 is 5.91. The smallest absolute Gasteiger partial charge is 0.306 e. The Hall–Kier alpha value is -1.66. The summed E-state index contributed by atoms with van der Waals surface area (Å²) in [4.78, 5) is 26.1. The van der Waals surface area contributed by atoms with Gasteiger partial charge in [-0.3, -0.25) is 9.59 Å². The lowest BCUT2D eigenvalue weighted by Gasteiger charge is -2.24. The molecule has 0 heterocycles. The molecule has 3 atom stereocenters. The van der Waals surface area contributed by atoms with Crippen LogP contribution in [0.15, 0.2) is 24.3 Å². The highest BCUT2D eigenvalue weighted by atomic mass is 16.5. The summed E-state index contributed by atoms with van der Waals surface area (Å²) in [7, 11) is 0. The number of allylic oxidation sites excluding steroid dienone is 4. The number of aliphatic hydroxyl groups is 2. The van der Waals surface area contributed by atoms with Crippen molar-refractivity contribution in [2.45, 2.75) is 296 Å². The van der Waals surface area contributed by atoms with Crippen LogP contribution in [0.3, 0.4) is 0 Å². The maximum atomic E-state index is 13.2. The first-order valence-corrected chi connectivity index (χ1v) is 26.1. The fourth-order valence-corrected chi connectivity index (χ4v) is 8.08. The lowest BCUT2D eigenvalue weighted by Crippen LogP contribution is -2.46. The minimum atomic E-state index is -0.794. The van der Waals surface area contributed by atoms with Gasteiger partial charge in [-0.15, -0.1) is 0 Å². The second kappa shape index (κ2) is 47.4.